The van der Waals surface area contributed by atoms with E-state index in [2.05, 4.69) is 11.9 Å². The number of aliphatic hydroxyl groups excluding tert-OH is 1. The van der Waals surface area contributed by atoms with Gasteiger partial charge in [0.25, 0.3) is 0 Å². The van der Waals surface area contributed by atoms with Crippen LogP contribution in [-0.2, 0) is 0 Å². The molecule has 18 heavy (non-hydrogen) atoms. The zero-order valence-electron chi connectivity index (χ0n) is 11.6. The van der Waals surface area contributed by atoms with Crippen LogP contribution in [0, 0.1) is 23.7 Å². The maximum atomic E-state index is 9.63. The molecular weight excluding hydrogens is 224 g/mol. The Hall–Kier alpha value is -0.120. The van der Waals surface area contributed by atoms with Gasteiger partial charge < -0.3 is 10.8 Å². The summed E-state index contributed by atoms with van der Waals surface area (Å²) in [4.78, 5) is 2.36. The molecule has 3 heteroatoms. The highest BCUT2D eigenvalue weighted by atomic mass is 16.3. The third kappa shape index (κ3) is 2.45. The Balaban J connectivity index is 1.54. The van der Waals surface area contributed by atoms with Gasteiger partial charge in [0.1, 0.15) is 0 Å². The molecule has 0 amide bonds. The van der Waals surface area contributed by atoms with Crippen LogP contribution in [0.25, 0.3) is 0 Å². The second-order valence-corrected chi connectivity index (χ2v) is 7.04. The molecule has 0 aromatic rings. The first-order valence-corrected chi connectivity index (χ1v) is 7.75. The van der Waals surface area contributed by atoms with E-state index in [0.717, 1.165) is 24.3 Å². The van der Waals surface area contributed by atoms with Gasteiger partial charge in [0.2, 0.25) is 0 Å². The van der Waals surface area contributed by atoms with Gasteiger partial charge in [-0.2, -0.15) is 0 Å². The summed E-state index contributed by atoms with van der Waals surface area (Å²) in [6.45, 7) is 1.36. The molecule has 104 valence electrons. The van der Waals surface area contributed by atoms with Crippen molar-refractivity contribution in [2.24, 2.45) is 29.4 Å². The highest BCUT2D eigenvalue weighted by molar-refractivity contribution is 4.95. The molecule has 3 aliphatic rings. The van der Waals surface area contributed by atoms with Gasteiger partial charge in [0.15, 0.2) is 0 Å². The van der Waals surface area contributed by atoms with Crippen LogP contribution in [0.15, 0.2) is 0 Å². The quantitative estimate of drug-likeness (QED) is 0.752. The summed E-state index contributed by atoms with van der Waals surface area (Å²) in [6, 6.07) is 0.357. The van der Waals surface area contributed by atoms with Crippen molar-refractivity contribution in [2.45, 2.75) is 50.6 Å². The molecule has 0 saturated heterocycles. The highest BCUT2D eigenvalue weighted by Gasteiger charge is 2.41. The molecule has 3 N–H and O–H groups in total. The van der Waals surface area contributed by atoms with Crippen molar-refractivity contribution in [2.75, 3.05) is 20.2 Å². The number of hydrogen-bond acceptors (Lipinski definition) is 3. The van der Waals surface area contributed by atoms with E-state index in [1.54, 1.807) is 0 Å². The molecule has 3 rings (SSSR count). The molecule has 5 atom stereocenters. The largest absolute Gasteiger partial charge is 0.395 e. The lowest BCUT2D eigenvalue weighted by molar-refractivity contribution is 0.0955. The number of likely N-dealkylation sites (N-methyl/N-ethyl adjacent to an activating group) is 1. The van der Waals surface area contributed by atoms with Crippen molar-refractivity contribution in [3.63, 3.8) is 0 Å². The predicted octanol–water partition coefficient (Wildman–Crippen LogP) is 1.45. The first-order valence-electron chi connectivity index (χ1n) is 7.75. The summed E-state index contributed by atoms with van der Waals surface area (Å²) < 4.78 is 0. The van der Waals surface area contributed by atoms with Crippen LogP contribution in [0.5, 0.6) is 0 Å². The predicted molar refractivity (Wildman–Crippen MR) is 73.1 cm³/mol. The van der Waals surface area contributed by atoms with Gasteiger partial charge in [0, 0.05) is 18.6 Å². The summed E-state index contributed by atoms with van der Waals surface area (Å²) in [5.41, 5.74) is 6.28. The summed E-state index contributed by atoms with van der Waals surface area (Å²) in [5, 5.41) is 9.63. The molecule has 0 aromatic heterocycles. The molecule has 0 heterocycles. The summed E-state index contributed by atoms with van der Waals surface area (Å²) in [5.74, 6) is 3.52. The van der Waals surface area contributed by atoms with Crippen LogP contribution in [0.1, 0.15) is 38.5 Å². The highest BCUT2D eigenvalue weighted by Crippen LogP contribution is 2.48. The molecule has 0 radical (unpaired) electrons. The van der Waals surface area contributed by atoms with Gasteiger partial charge in [-0.15, -0.1) is 0 Å². The minimum Gasteiger partial charge on any atom is -0.395 e. The van der Waals surface area contributed by atoms with Gasteiger partial charge in [-0.25, -0.2) is 0 Å². The van der Waals surface area contributed by atoms with E-state index in [0.29, 0.717) is 5.92 Å². The number of fused-ring (bicyclic) bond motifs is 2. The standard InChI is InChI=1S/C15H28N2O/c1-17(14(9-18)15(16)11-4-5-11)8-13-7-10-2-3-12(13)6-10/h10-15,18H,2-9,16H2,1H3. The number of rotatable bonds is 6. The van der Waals surface area contributed by atoms with Crippen LogP contribution in [-0.4, -0.2) is 42.3 Å². The molecular formula is C15H28N2O. The van der Waals surface area contributed by atoms with Gasteiger partial charge in [-0.3, -0.25) is 4.90 Å². The van der Waals surface area contributed by atoms with E-state index in [1.807, 2.05) is 0 Å². The van der Waals surface area contributed by atoms with Crippen molar-refractivity contribution < 1.29 is 5.11 Å². The van der Waals surface area contributed by atoms with E-state index in [9.17, 15) is 5.11 Å². The second kappa shape index (κ2) is 5.10. The van der Waals surface area contributed by atoms with E-state index in [-0.39, 0.29) is 18.7 Å². The van der Waals surface area contributed by atoms with Crippen LogP contribution in [0.4, 0.5) is 0 Å². The SMILES string of the molecule is CN(CC1CC2CCC1C2)C(CO)C(N)C1CC1. The molecule has 0 aromatic carbocycles. The third-order valence-electron chi connectivity index (χ3n) is 5.77. The summed E-state index contributed by atoms with van der Waals surface area (Å²) in [6.07, 6.45) is 8.33. The van der Waals surface area contributed by atoms with E-state index < -0.39 is 0 Å². The number of nitrogens with zero attached hydrogens (tertiary/aromatic N) is 1. The van der Waals surface area contributed by atoms with Crippen LogP contribution in [0.2, 0.25) is 0 Å². The minimum atomic E-state index is 0.177. The lowest BCUT2D eigenvalue weighted by Gasteiger charge is -2.35. The van der Waals surface area contributed by atoms with Crippen molar-refractivity contribution >= 4 is 0 Å². The van der Waals surface area contributed by atoms with E-state index in [1.165, 1.54) is 38.5 Å². The number of hydrogen-bond donors (Lipinski definition) is 2. The fraction of sp³-hybridized carbons (Fsp3) is 1.00. The second-order valence-electron chi connectivity index (χ2n) is 7.04. The molecule has 2 bridgehead atoms. The Morgan fingerprint density at radius 1 is 1.22 bits per heavy atom. The molecule has 3 nitrogen and oxygen atoms in total. The molecule has 5 unspecified atom stereocenters. The van der Waals surface area contributed by atoms with Crippen LogP contribution >= 0.6 is 0 Å². The van der Waals surface area contributed by atoms with Crippen molar-refractivity contribution in [3.05, 3.63) is 0 Å². The fourth-order valence-electron chi connectivity index (χ4n) is 4.46. The summed E-state index contributed by atoms with van der Waals surface area (Å²) >= 11 is 0. The van der Waals surface area contributed by atoms with Crippen molar-refractivity contribution in [1.29, 1.82) is 0 Å². The molecule has 0 spiro atoms. The number of aliphatic hydroxyl groups is 1. The average Bonchev–Trinajstić information content (AvgIpc) is 3.01. The van der Waals surface area contributed by atoms with Gasteiger partial charge in [0.05, 0.1) is 6.61 Å². The topological polar surface area (TPSA) is 49.5 Å². The van der Waals surface area contributed by atoms with E-state index in [4.69, 9.17) is 5.73 Å². The first kappa shape index (κ1) is 12.9. The molecule has 3 saturated carbocycles. The number of nitrogens with two attached hydrogens (primary N) is 1. The maximum Gasteiger partial charge on any atom is 0.0601 e. The Labute approximate surface area is 111 Å². The van der Waals surface area contributed by atoms with Crippen LogP contribution < -0.4 is 5.73 Å². The summed E-state index contributed by atoms with van der Waals surface area (Å²) in [7, 11) is 2.16. The normalized spacial score (nSPS) is 38.3. The average molecular weight is 252 g/mol. The van der Waals surface area contributed by atoms with Crippen LogP contribution in [0.3, 0.4) is 0 Å². The smallest absolute Gasteiger partial charge is 0.0601 e. The zero-order valence-corrected chi connectivity index (χ0v) is 11.6. The van der Waals surface area contributed by atoms with E-state index >= 15 is 0 Å². The molecule has 0 aliphatic heterocycles. The molecule has 3 aliphatic carbocycles. The fourth-order valence-corrected chi connectivity index (χ4v) is 4.46. The van der Waals surface area contributed by atoms with Crippen molar-refractivity contribution in [1.82, 2.24) is 4.90 Å². The van der Waals surface area contributed by atoms with Crippen molar-refractivity contribution in [3.8, 4) is 0 Å². The Kier molecular flexibility index (Phi) is 3.65. The zero-order chi connectivity index (χ0) is 12.7. The third-order valence-corrected chi connectivity index (χ3v) is 5.77. The molecule has 3 fully saturated rings. The Bertz CT molecular complexity index is 292. The Morgan fingerprint density at radius 3 is 2.50 bits per heavy atom. The van der Waals surface area contributed by atoms with Gasteiger partial charge in [-0.1, -0.05) is 6.42 Å². The minimum absolute atomic E-state index is 0.177. The van der Waals surface area contributed by atoms with Gasteiger partial charge >= 0.3 is 0 Å². The lowest BCUT2D eigenvalue weighted by atomic mass is 9.88. The monoisotopic (exact) mass is 252 g/mol. The van der Waals surface area contributed by atoms with Gasteiger partial charge in [-0.05, 0) is 62.8 Å². The first-order chi connectivity index (χ1) is 8.69. The Morgan fingerprint density at radius 2 is 2.00 bits per heavy atom. The maximum absolute atomic E-state index is 9.63. The lowest BCUT2D eigenvalue weighted by Crippen LogP contribution is -2.51.